The molecule has 0 N–H and O–H groups in total. The van der Waals surface area contributed by atoms with Crippen LogP contribution in [0.3, 0.4) is 0 Å². The van der Waals surface area contributed by atoms with Gasteiger partial charge in [0.15, 0.2) is 0 Å². The molecule has 0 bridgehead atoms. The summed E-state index contributed by atoms with van der Waals surface area (Å²) in [5.74, 6) is -1.14. The molecule has 4 rings (SSSR count). The minimum atomic E-state index is -0.474. The molecule has 6 nitrogen and oxygen atoms in total. The number of hydrogen-bond donors (Lipinski definition) is 0. The SMILES string of the molecule is O=C(OC1CCCC2(C1)OO2)C1CCCC2(C1)OO2. The van der Waals surface area contributed by atoms with Crippen LogP contribution in [0.1, 0.15) is 51.4 Å². The van der Waals surface area contributed by atoms with Gasteiger partial charge in [0.1, 0.15) is 6.10 Å². The molecule has 0 aromatic rings. The van der Waals surface area contributed by atoms with Gasteiger partial charge in [-0.25, -0.2) is 0 Å². The molecule has 2 saturated carbocycles. The molecule has 2 aliphatic carbocycles. The zero-order chi connectivity index (χ0) is 12.9. The molecule has 0 radical (unpaired) electrons. The molecule has 2 spiro atoms. The predicted octanol–water partition coefficient (Wildman–Crippen LogP) is 1.98. The first kappa shape index (κ1) is 12.1. The summed E-state index contributed by atoms with van der Waals surface area (Å²) in [6.45, 7) is 0. The number of carbonyl (C=O) groups excluding carboxylic acids is 1. The molecule has 2 atom stereocenters. The van der Waals surface area contributed by atoms with Crippen LogP contribution in [0.2, 0.25) is 0 Å². The van der Waals surface area contributed by atoms with Crippen molar-refractivity contribution in [1.82, 2.24) is 0 Å². The Kier molecular flexibility index (Phi) is 2.64. The maximum atomic E-state index is 12.2. The molecule has 0 aromatic carbocycles. The van der Waals surface area contributed by atoms with Crippen LogP contribution in [0.5, 0.6) is 0 Å². The third-order valence-electron chi connectivity index (χ3n) is 4.54. The molecule has 0 amide bonds. The minimum Gasteiger partial charge on any atom is -0.462 e. The molecule has 2 heterocycles. The van der Waals surface area contributed by atoms with Gasteiger partial charge < -0.3 is 4.74 Å². The number of esters is 1. The topological polar surface area (TPSA) is 76.4 Å². The fraction of sp³-hybridized carbons (Fsp3) is 0.923. The van der Waals surface area contributed by atoms with Crippen molar-refractivity contribution in [1.29, 1.82) is 0 Å². The van der Waals surface area contributed by atoms with E-state index in [1.54, 1.807) is 0 Å². The van der Waals surface area contributed by atoms with Gasteiger partial charge in [-0.1, -0.05) is 0 Å². The Hall–Kier alpha value is -0.690. The van der Waals surface area contributed by atoms with Crippen molar-refractivity contribution < 1.29 is 29.1 Å². The van der Waals surface area contributed by atoms with Crippen molar-refractivity contribution in [2.45, 2.75) is 69.0 Å². The van der Waals surface area contributed by atoms with Crippen molar-refractivity contribution in [3.05, 3.63) is 0 Å². The maximum Gasteiger partial charge on any atom is 0.309 e. The lowest BCUT2D eigenvalue weighted by molar-refractivity contribution is -0.158. The Morgan fingerprint density at radius 3 is 2.26 bits per heavy atom. The molecule has 106 valence electrons. The summed E-state index contributed by atoms with van der Waals surface area (Å²) in [7, 11) is 0. The largest absolute Gasteiger partial charge is 0.462 e. The normalized spacial score (nSPS) is 38.1. The average Bonchev–Trinajstić information content (AvgIpc) is 3.32. The average molecular weight is 270 g/mol. The second kappa shape index (κ2) is 4.15. The van der Waals surface area contributed by atoms with Crippen LogP contribution in [0, 0.1) is 5.92 Å². The number of hydrogen-bond acceptors (Lipinski definition) is 6. The summed E-state index contributed by atoms with van der Waals surface area (Å²) in [5, 5.41) is 0. The Bertz CT molecular complexity index is 387. The van der Waals surface area contributed by atoms with Crippen molar-refractivity contribution >= 4 is 5.97 Å². The zero-order valence-corrected chi connectivity index (χ0v) is 10.8. The van der Waals surface area contributed by atoms with E-state index in [1.165, 1.54) is 0 Å². The Morgan fingerprint density at radius 1 is 0.947 bits per heavy atom. The van der Waals surface area contributed by atoms with E-state index in [4.69, 9.17) is 24.3 Å². The summed E-state index contributed by atoms with van der Waals surface area (Å²) < 4.78 is 5.62. The highest BCUT2D eigenvalue weighted by Crippen LogP contribution is 2.47. The van der Waals surface area contributed by atoms with Crippen molar-refractivity contribution in [3.8, 4) is 0 Å². The molecule has 0 aromatic heterocycles. The highest BCUT2D eigenvalue weighted by atomic mass is 17.4. The van der Waals surface area contributed by atoms with Crippen molar-refractivity contribution in [3.63, 3.8) is 0 Å². The van der Waals surface area contributed by atoms with Crippen LogP contribution in [0.4, 0.5) is 0 Å². The number of ether oxygens (including phenoxy) is 1. The van der Waals surface area contributed by atoms with Gasteiger partial charge in [0.25, 0.3) is 0 Å². The molecule has 2 aliphatic heterocycles. The van der Waals surface area contributed by atoms with Gasteiger partial charge in [-0.05, 0) is 25.7 Å². The molecule has 6 heteroatoms. The van der Waals surface area contributed by atoms with Crippen LogP contribution in [0.15, 0.2) is 0 Å². The Morgan fingerprint density at radius 2 is 1.58 bits per heavy atom. The highest BCUT2D eigenvalue weighted by molar-refractivity contribution is 5.73. The van der Waals surface area contributed by atoms with Gasteiger partial charge in [-0.15, -0.1) is 0 Å². The highest BCUT2D eigenvalue weighted by Gasteiger charge is 2.55. The van der Waals surface area contributed by atoms with E-state index in [9.17, 15) is 4.79 Å². The minimum absolute atomic E-state index is 0.0809. The lowest BCUT2D eigenvalue weighted by Gasteiger charge is -2.28. The number of carbonyl (C=O) groups is 1. The van der Waals surface area contributed by atoms with Gasteiger partial charge in [-0.2, -0.15) is 19.6 Å². The van der Waals surface area contributed by atoms with Crippen molar-refractivity contribution in [2.75, 3.05) is 0 Å². The van der Waals surface area contributed by atoms with E-state index < -0.39 is 11.6 Å². The second-order valence-corrected chi connectivity index (χ2v) is 6.10. The van der Waals surface area contributed by atoms with Crippen molar-refractivity contribution in [2.24, 2.45) is 5.92 Å². The van der Waals surface area contributed by atoms with E-state index >= 15 is 0 Å². The van der Waals surface area contributed by atoms with Gasteiger partial charge in [0.05, 0.1) is 5.92 Å². The summed E-state index contributed by atoms with van der Waals surface area (Å²) in [6.07, 6.45) is 6.64. The van der Waals surface area contributed by atoms with Crippen LogP contribution in [-0.2, 0) is 29.1 Å². The molecular weight excluding hydrogens is 252 g/mol. The summed E-state index contributed by atoms with van der Waals surface area (Å²) in [4.78, 5) is 32.2. The van der Waals surface area contributed by atoms with Gasteiger partial charge in [0, 0.05) is 25.7 Å². The summed E-state index contributed by atoms with van der Waals surface area (Å²) >= 11 is 0. The van der Waals surface area contributed by atoms with E-state index in [2.05, 4.69) is 0 Å². The smallest absolute Gasteiger partial charge is 0.309 e. The van der Waals surface area contributed by atoms with E-state index in [0.29, 0.717) is 12.8 Å². The van der Waals surface area contributed by atoms with Gasteiger partial charge >= 0.3 is 5.97 Å². The third-order valence-corrected chi connectivity index (χ3v) is 4.54. The molecule has 19 heavy (non-hydrogen) atoms. The quantitative estimate of drug-likeness (QED) is 0.434. The Labute approximate surface area is 111 Å². The third kappa shape index (κ3) is 2.38. The predicted molar refractivity (Wildman–Crippen MR) is 60.1 cm³/mol. The van der Waals surface area contributed by atoms with Gasteiger partial charge in [0.2, 0.25) is 11.6 Å². The second-order valence-electron chi connectivity index (χ2n) is 6.10. The number of rotatable bonds is 2. The van der Waals surface area contributed by atoms with Crippen LogP contribution >= 0.6 is 0 Å². The molecule has 4 fully saturated rings. The first-order chi connectivity index (χ1) is 9.19. The van der Waals surface area contributed by atoms with E-state index in [1.807, 2.05) is 0 Å². The fourth-order valence-corrected chi connectivity index (χ4v) is 3.33. The molecular formula is C13H18O6. The zero-order valence-electron chi connectivity index (χ0n) is 10.8. The monoisotopic (exact) mass is 270 g/mol. The molecule has 2 unspecified atom stereocenters. The maximum absolute atomic E-state index is 12.2. The summed E-state index contributed by atoms with van der Waals surface area (Å²) in [5.41, 5.74) is 0. The first-order valence-electron chi connectivity index (χ1n) is 7.13. The van der Waals surface area contributed by atoms with Crippen LogP contribution in [0.25, 0.3) is 0 Å². The lowest BCUT2D eigenvalue weighted by Crippen LogP contribution is -2.35. The lowest BCUT2D eigenvalue weighted by atomic mass is 9.85. The van der Waals surface area contributed by atoms with E-state index in [0.717, 1.165) is 38.5 Å². The van der Waals surface area contributed by atoms with E-state index in [-0.39, 0.29) is 18.0 Å². The van der Waals surface area contributed by atoms with Crippen LogP contribution in [-0.4, -0.2) is 23.6 Å². The first-order valence-corrected chi connectivity index (χ1v) is 7.13. The molecule has 4 aliphatic rings. The molecule has 2 saturated heterocycles. The summed E-state index contributed by atoms with van der Waals surface area (Å²) in [6, 6.07) is 0. The fourth-order valence-electron chi connectivity index (χ4n) is 3.33. The van der Waals surface area contributed by atoms with Crippen LogP contribution < -0.4 is 0 Å². The van der Waals surface area contributed by atoms with Gasteiger partial charge in [-0.3, -0.25) is 4.79 Å². The Balaban J connectivity index is 1.33. The standard InChI is InChI=1S/C13H18O6/c14-11(9-3-1-5-12(7-9)16-17-12)15-10-4-2-6-13(8-10)18-19-13/h9-10H,1-8H2.